The molecule has 0 spiro atoms. The lowest BCUT2D eigenvalue weighted by Crippen LogP contribution is -2.14. The predicted molar refractivity (Wildman–Crippen MR) is 127 cm³/mol. The lowest BCUT2D eigenvalue weighted by molar-refractivity contribution is -0.112. The van der Waals surface area contributed by atoms with Gasteiger partial charge in [0.15, 0.2) is 0 Å². The fourth-order valence-corrected chi connectivity index (χ4v) is 4.05. The van der Waals surface area contributed by atoms with Gasteiger partial charge in [-0.2, -0.15) is 5.26 Å². The number of para-hydroxylation sites is 2. The monoisotopic (exact) mass is 411 g/mol. The van der Waals surface area contributed by atoms with Gasteiger partial charge in [0.25, 0.3) is 5.91 Å². The summed E-state index contributed by atoms with van der Waals surface area (Å²) in [6.45, 7) is 10.4. The zero-order valence-corrected chi connectivity index (χ0v) is 18.9. The van der Waals surface area contributed by atoms with Crippen LogP contribution in [0.4, 0.5) is 5.69 Å². The second kappa shape index (κ2) is 9.49. The normalized spacial score (nSPS) is 11.3. The van der Waals surface area contributed by atoms with Gasteiger partial charge in [0, 0.05) is 17.1 Å². The third-order valence-electron chi connectivity index (χ3n) is 5.71. The third kappa shape index (κ3) is 4.46. The lowest BCUT2D eigenvalue weighted by Gasteiger charge is -2.17. The molecule has 0 radical (unpaired) electrons. The van der Waals surface area contributed by atoms with E-state index in [0.717, 1.165) is 41.0 Å². The number of nitrogens with zero attached hydrogens (tertiary/aromatic N) is 2. The molecular weight excluding hydrogens is 382 g/mol. The van der Waals surface area contributed by atoms with Crippen LogP contribution in [0.3, 0.4) is 0 Å². The Morgan fingerprint density at radius 1 is 1.03 bits per heavy atom. The highest BCUT2D eigenvalue weighted by Gasteiger charge is 2.17. The van der Waals surface area contributed by atoms with Gasteiger partial charge < -0.3 is 9.88 Å². The fourth-order valence-electron chi connectivity index (χ4n) is 4.05. The van der Waals surface area contributed by atoms with Gasteiger partial charge in [0.05, 0.1) is 5.69 Å². The largest absolute Gasteiger partial charge is 0.321 e. The van der Waals surface area contributed by atoms with Gasteiger partial charge in [-0.05, 0) is 74.1 Å². The van der Waals surface area contributed by atoms with Gasteiger partial charge in [0.1, 0.15) is 11.6 Å². The Hall–Kier alpha value is -3.58. The summed E-state index contributed by atoms with van der Waals surface area (Å²) in [5, 5.41) is 12.6. The van der Waals surface area contributed by atoms with E-state index in [4.69, 9.17) is 0 Å². The van der Waals surface area contributed by atoms with Crippen LogP contribution >= 0.6 is 0 Å². The molecule has 31 heavy (non-hydrogen) atoms. The van der Waals surface area contributed by atoms with Crippen molar-refractivity contribution in [1.82, 2.24) is 4.57 Å². The van der Waals surface area contributed by atoms with Crippen molar-refractivity contribution in [2.75, 3.05) is 5.32 Å². The maximum atomic E-state index is 12.8. The standard InChI is InChI=1S/C27H29N3O/c1-6-21-12-8-9-14-25(21)29-27(31)24(17-28)16-23-15-19(4)30(20(23)5)26-18(3)11-10-13-22(26)7-2/h8-16H,6-7H2,1-5H3,(H,29,31)/b24-16-. The van der Waals surface area contributed by atoms with E-state index in [1.165, 1.54) is 16.8 Å². The van der Waals surface area contributed by atoms with Gasteiger partial charge in [-0.3, -0.25) is 4.79 Å². The molecule has 4 nitrogen and oxygen atoms in total. The number of anilines is 1. The van der Waals surface area contributed by atoms with Gasteiger partial charge in [0.2, 0.25) is 0 Å². The van der Waals surface area contributed by atoms with Crippen LogP contribution in [0.1, 0.15) is 47.5 Å². The van der Waals surface area contributed by atoms with Gasteiger partial charge in [-0.1, -0.05) is 50.2 Å². The number of carbonyl (C=O) groups excluding carboxylic acids is 1. The van der Waals surface area contributed by atoms with Crippen molar-refractivity contribution in [1.29, 1.82) is 5.26 Å². The molecule has 0 saturated carbocycles. The lowest BCUT2D eigenvalue weighted by atomic mass is 10.1. The second-order valence-corrected chi connectivity index (χ2v) is 7.73. The summed E-state index contributed by atoms with van der Waals surface area (Å²) >= 11 is 0. The van der Waals surface area contributed by atoms with E-state index in [9.17, 15) is 10.1 Å². The van der Waals surface area contributed by atoms with Gasteiger partial charge in [-0.25, -0.2) is 0 Å². The molecule has 0 aliphatic rings. The minimum absolute atomic E-state index is 0.0895. The first-order valence-electron chi connectivity index (χ1n) is 10.7. The van der Waals surface area contributed by atoms with Crippen molar-refractivity contribution < 1.29 is 4.79 Å². The zero-order valence-electron chi connectivity index (χ0n) is 18.9. The minimum atomic E-state index is -0.390. The summed E-state index contributed by atoms with van der Waals surface area (Å²) in [7, 11) is 0. The highest BCUT2D eigenvalue weighted by Crippen LogP contribution is 2.28. The van der Waals surface area contributed by atoms with Crippen LogP contribution in [0.15, 0.2) is 54.1 Å². The Labute approximate surface area is 184 Å². The summed E-state index contributed by atoms with van der Waals surface area (Å²) in [5.74, 6) is -0.390. The van der Waals surface area contributed by atoms with Crippen LogP contribution in [-0.4, -0.2) is 10.5 Å². The molecule has 1 aromatic heterocycles. The van der Waals surface area contributed by atoms with Crippen LogP contribution in [0.25, 0.3) is 11.8 Å². The van der Waals surface area contributed by atoms with Crippen LogP contribution in [0.5, 0.6) is 0 Å². The smallest absolute Gasteiger partial charge is 0.266 e. The number of nitriles is 1. The number of aromatic nitrogens is 1. The number of benzene rings is 2. The number of amides is 1. The van der Waals surface area contributed by atoms with E-state index in [0.29, 0.717) is 0 Å². The number of hydrogen-bond donors (Lipinski definition) is 1. The topological polar surface area (TPSA) is 57.8 Å². The number of nitrogens with one attached hydrogen (secondary N) is 1. The molecule has 0 aliphatic heterocycles. The molecule has 3 rings (SSSR count). The van der Waals surface area contributed by atoms with Crippen molar-refractivity contribution >= 4 is 17.7 Å². The van der Waals surface area contributed by atoms with Crippen molar-refractivity contribution in [2.24, 2.45) is 0 Å². The van der Waals surface area contributed by atoms with E-state index in [2.05, 4.69) is 54.9 Å². The molecular formula is C27H29N3O. The first-order valence-corrected chi connectivity index (χ1v) is 10.7. The number of carbonyl (C=O) groups is 1. The average Bonchev–Trinajstić information content (AvgIpc) is 3.04. The molecule has 158 valence electrons. The Balaban J connectivity index is 2.01. The maximum Gasteiger partial charge on any atom is 0.266 e. The van der Waals surface area contributed by atoms with E-state index >= 15 is 0 Å². The Morgan fingerprint density at radius 2 is 1.71 bits per heavy atom. The summed E-state index contributed by atoms with van der Waals surface area (Å²) in [6.07, 6.45) is 3.42. The molecule has 2 aromatic carbocycles. The third-order valence-corrected chi connectivity index (χ3v) is 5.71. The van der Waals surface area contributed by atoms with Crippen molar-refractivity contribution in [3.05, 3.63) is 87.7 Å². The highest BCUT2D eigenvalue weighted by molar-refractivity contribution is 6.10. The molecule has 3 aromatic rings. The van der Waals surface area contributed by atoms with Crippen LogP contribution in [0.2, 0.25) is 0 Å². The van der Waals surface area contributed by atoms with Gasteiger partial charge >= 0.3 is 0 Å². The van der Waals surface area contributed by atoms with Crippen LogP contribution in [0, 0.1) is 32.1 Å². The first-order chi connectivity index (χ1) is 14.9. The summed E-state index contributed by atoms with van der Waals surface area (Å²) in [4.78, 5) is 12.8. The first kappa shape index (κ1) is 22.1. The predicted octanol–water partition coefficient (Wildman–Crippen LogP) is 6.07. The molecule has 0 aliphatic carbocycles. The molecule has 1 N–H and O–H groups in total. The molecule has 0 atom stereocenters. The number of aryl methyl sites for hydroxylation is 4. The van der Waals surface area contributed by atoms with Crippen molar-refractivity contribution in [2.45, 2.75) is 47.5 Å². The summed E-state index contributed by atoms with van der Waals surface area (Å²) < 4.78 is 2.22. The summed E-state index contributed by atoms with van der Waals surface area (Å²) in [5.41, 5.74) is 8.48. The molecule has 1 heterocycles. The molecule has 0 fully saturated rings. The molecule has 1 amide bonds. The second-order valence-electron chi connectivity index (χ2n) is 7.73. The molecule has 0 unspecified atom stereocenters. The number of rotatable bonds is 6. The van der Waals surface area contributed by atoms with E-state index < -0.39 is 5.91 Å². The quantitative estimate of drug-likeness (QED) is 0.395. The van der Waals surface area contributed by atoms with Crippen molar-refractivity contribution in [3.8, 4) is 11.8 Å². The summed E-state index contributed by atoms with van der Waals surface area (Å²) in [6, 6.07) is 18.1. The Morgan fingerprint density at radius 3 is 2.39 bits per heavy atom. The van der Waals surface area contributed by atoms with Crippen LogP contribution < -0.4 is 5.32 Å². The highest BCUT2D eigenvalue weighted by atomic mass is 16.1. The van der Waals surface area contributed by atoms with E-state index in [1.54, 1.807) is 6.08 Å². The van der Waals surface area contributed by atoms with Crippen LogP contribution in [-0.2, 0) is 17.6 Å². The SMILES string of the molecule is CCc1ccccc1NC(=O)/C(C#N)=C\c1cc(C)n(-c2c(C)cccc2CC)c1C. The number of hydrogen-bond acceptors (Lipinski definition) is 2. The fraction of sp³-hybridized carbons (Fsp3) is 0.259. The molecule has 0 bridgehead atoms. The molecule has 0 saturated heterocycles. The molecule has 4 heteroatoms. The Kier molecular flexibility index (Phi) is 6.77. The minimum Gasteiger partial charge on any atom is -0.321 e. The average molecular weight is 412 g/mol. The zero-order chi connectivity index (χ0) is 22.5. The Bertz CT molecular complexity index is 1190. The van der Waals surface area contributed by atoms with E-state index in [1.807, 2.05) is 44.2 Å². The van der Waals surface area contributed by atoms with E-state index in [-0.39, 0.29) is 5.57 Å². The van der Waals surface area contributed by atoms with Gasteiger partial charge in [-0.15, -0.1) is 0 Å². The maximum absolute atomic E-state index is 12.8. The van der Waals surface area contributed by atoms with Crippen molar-refractivity contribution in [3.63, 3.8) is 0 Å².